The average Bonchev–Trinajstić information content (AvgIpc) is 3.60. The lowest BCUT2D eigenvalue weighted by Crippen LogP contribution is -2.15. The van der Waals surface area contributed by atoms with Gasteiger partial charge in [-0.1, -0.05) is 65.9 Å². The summed E-state index contributed by atoms with van der Waals surface area (Å²) in [5, 5.41) is 8.96. The summed E-state index contributed by atoms with van der Waals surface area (Å²) in [6.45, 7) is 0. The molecule has 1 aromatic heterocycles. The number of fused-ring (bicyclic) bond motifs is 4. The van der Waals surface area contributed by atoms with Crippen molar-refractivity contribution in [2.24, 2.45) is 0 Å². The van der Waals surface area contributed by atoms with E-state index >= 15 is 0 Å². The summed E-state index contributed by atoms with van der Waals surface area (Å²) in [4.78, 5) is 4.44. The second-order valence-electron chi connectivity index (χ2n) is 10.9. The Kier molecular flexibility index (Phi) is 5.67. The molecule has 0 N–H and O–H groups in total. The Balaban J connectivity index is 1.00. The lowest BCUT2D eigenvalue weighted by molar-refractivity contribution is 0.477. The molecule has 3 heterocycles. The molecule has 2 aliphatic heterocycles. The van der Waals surface area contributed by atoms with E-state index in [0.717, 1.165) is 74.1 Å². The molecule has 0 bridgehead atoms. The summed E-state index contributed by atoms with van der Waals surface area (Å²) in [6.07, 6.45) is 1.96. The predicted octanol–water partition coefficient (Wildman–Crippen LogP) is 10.1. The Morgan fingerprint density at radius 3 is 1.22 bits per heavy atom. The van der Waals surface area contributed by atoms with E-state index in [-0.39, 0.29) is 0 Å². The lowest BCUT2D eigenvalue weighted by Gasteiger charge is -2.32. The molecular weight excluding hydrogens is 558 g/mol. The molecule has 7 aromatic rings. The number of anilines is 6. The number of hydrogen-bond donors (Lipinski definition) is 0. The molecule has 7 nitrogen and oxygen atoms in total. The summed E-state index contributed by atoms with van der Waals surface area (Å²) >= 11 is 0. The third-order valence-electron chi connectivity index (χ3n) is 8.15. The minimum Gasteiger partial charge on any atom is -0.453 e. The van der Waals surface area contributed by atoms with Crippen LogP contribution in [-0.4, -0.2) is 15.0 Å². The van der Waals surface area contributed by atoms with Crippen LogP contribution in [0.2, 0.25) is 0 Å². The van der Waals surface area contributed by atoms with Gasteiger partial charge in [0.05, 0.1) is 34.6 Å². The van der Waals surface area contributed by atoms with Gasteiger partial charge in [0.1, 0.15) is 5.69 Å². The third-order valence-corrected chi connectivity index (χ3v) is 8.15. The van der Waals surface area contributed by atoms with Crippen molar-refractivity contribution in [3.8, 4) is 39.9 Å². The average molecular weight is 584 g/mol. The molecule has 0 radical (unpaired) electrons. The van der Waals surface area contributed by atoms with Gasteiger partial charge in [-0.15, -0.1) is 5.10 Å². The smallest absolute Gasteiger partial charge is 0.151 e. The van der Waals surface area contributed by atoms with E-state index in [0.29, 0.717) is 0 Å². The van der Waals surface area contributed by atoms with Gasteiger partial charge in [-0.25, -0.2) is 4.68 Å². The quantitative estimate of drug-likeness (QED) is 0.205. The maximum absolute atomic E-state index is 6.17. The number of aromatic nitrogens is 3. The standard InChI is InChI=1S/C38H25N5O2/c1-5-13-35-31(9-1)42(32-10-2-6-14-36(32)44-35)28-19-17-26(18-20-28)30-25-41(40-39-30)27-21-23-29(24-22-27)43-33-11-3-7-15-37(33)45-38-16-8-4-12-34(38)43/h1-25H. The highest BCUT2D eigenvalue weighted by molar-refractivity contribution is 5.87. The number of ether oxygens (including phenoxy) is 2. The first kappa shape index (κ1) is 25.2. The van der Waals surface area contributed by atoms with Crippen LogP contribution in [-0.2, 0) is 0 Å². The zero-order chi connectivity index (χ0) is 29.7. The van der Waals surface area contributed by atoms with Gasteiger partial charge in [0.25, 0.3) is 0 Å². The maximum atomic E-state index is 6.17. The van der Waals surface area contributed by atoms with Crippen LogP contribution in [0, 0.1) is 0 Å². The van der Waals surface area contributed by atoms with Gasteiger partial charge in [0.15, 0.2) is 23.0 Å². The SMILES string of the molecule is c1ccc2c(c1)Oc1ccccc1N2c1ccc(-c2cn(-c3ccc(N4c5ccccc5Oc5ccccc54)cc3)nn2)cc1. The number of hydrogen-bond acceptors (Lipinski definition) is 6. The molecule has 0 aliphatic carbocycles. The van der Waals surface area contributed by atoms with E-state index in [9.17, 15) is 0 Å². The van der Waals surface area contributed by atoms with Crippen molar-refractivity contribution < 1.29 is 9.47 Å². The summed E-state index contributed by atoms with van der Waals surface area (Å²) in [5.41, 5.74) is 8.78. The fraction of sp³-hybridized carbons (Fsp3) is 0. The number of benzene rings is 6. The summed E-state index contributed by atoms with van der Waals surface area (Å²) in [6, 6.07) is 49.1. The van der Waals surface area contributed by atoms with Crippen LogP contribution < -0.4 is 19.3 Å². The third kappa shape index (κ3) is 4.21. The molecule has 6 aromatic carbocycles. The van der Waals surface area contributed by atoms with E-state index in [1.54, 1.807) is 0 Å². The van der Waals surface area contributed by atoms with E-state index in [2.05, 4.69) is 92.9 Å². The van der Waals surface area contributed by atoms with E-state index in [4.69, 9.17) is 9.47 Å². The molecule has 0 atom stereocenters. The van der Waals surface area contributed by atoms with Crippen molar-refractivity contribution in [3.05, 3.63) is 152 Å². The van der Waals surface area contributed by atoms with Crippen molar-refractivity contribution in [1.29, 1.82) is 0 Å². The second kappa shape index (κ2) is 10.1. The molecule has 214 valence electrons. The van der Waals surface area contributed by atoms with Gasteiger partial charge in [0, 0.05) is 16.9 Å². The predicted molar refractivity (Wildman–Crippen MR) is 176 cm³/mol. The molecular formula is C38H25N5O2. The van der Waals surface area contributed by atoms with Crippen molar-refractivity contribution in [1.82, 2.24) is 15.0 Å². The highest BCUT2D eigenvalue weighted by Gasteiger charge is 2.26. The Labute approximate surface area is 259 Å². The Morgan fingerprint density at radius 1 is 0.400 bits per heavy atom. The molecule has 0 amide bonds. The zero-order valence-corrected chi connectivity index (χ0v) is 24.0. The van der Waals surface area contributed by atoms with Crippen molar-refractivity contribution >= 4 is 34.1 Å². The molecule has 0 saturated heterocycles. The first-order valence-corrected chi connectivity index (χ1v) is 14.8. The highest BCUT2D eigenvalue weighted by atomic mass is 16.5. The number of rotatable bonds is 4. The Morgan fingerprint density at radius 2 is 0.778 bits per heavy atom. The Hall–Kier alpha value is -6.34. The molecule has 9 rings (SSSR count). The van der Waals surface area contributed by atoms with E-state index in [1.807, 2.05) is 83.7 Å². The van der Waals surface area contributed by atoms with Crippen LogP contribution in [0.1, 0.15) is 0 Å². The molecule has 7 heteroatoms. The van der Waals surface area contributed by atoms with Gasteiger partial charge in [0.2, 0.25) is 0 Å². The lowest BCUT2D eigenvalue weighted by atomic mass is 10.1. The minimum atomic E-state index is 0.796. The van der Waals surface area contributed by atoms with Gasteiger partial charge < -0.3 is 19.3 Å². The monoisotopic (exact) mass is 583 g/mol. The van der Waals surface area contributed by atoms with Crippen molar-refractivity contribution in [2.45, 2.75) is 0 Å². The first-order chi connectivity index (χ1) is 22.3. The fourth-order valence-corrected chi connectivity index (χ4v) is 6.02. The zero-order valence-electron chi connectivity index (χ0n) is 24.0. The normalized spacial score (nSPS) is 12.7. The topological polar surface area (TPSA) is 55.7 Å². The minimum absolute atomic E-state index is 0.796. The Bertz CT molecular complexity index is 1940. The van der Waals surface area contributed by atoms with Crippen molar-refractivity contribution in [3.63, 3.8) is 0 Å². The molecule has 0 unspecified atom stereocenters. The summed E-state index contributed by atoms with van der Waals surface area (Å²) in [5.74, 6) is 3.32. The van der Waals surface area contributed by atoms with Crippen LogP contribution in [0.25, 0.3) is 16.9 Å². The van der Waals surface area contributed by atoms with Crippen LogP contribution in [0.15, 0.2) is 152 Å². The van der Waals surface area contributed by atoms with Gasteiger partial charge in [-0.2, -0.15) is 0 Å². The van der Waals surface area contributed by atoms with E-state index in [1.165, 1.54) is 0 Å². The molecule has 0 spiro atoms. The molecule has 45 heavy (non-hydrogen) atoms. The van der Waals surface area contributed by atoms with Gasteiger partial charge in [-0.3, -0.25) is 0 Å². The molecule has 0 saturated carbocycles. The van der Waals surface area contributed by atoms with E-state index < -0.39 is 0 Å². The number of nitrogens with zero attached hydrogens (tertiary/aromatic N) is 5. The van der Waals surface area contributed by atoms with Crippen LogP contribution >= 0.6 is 0 Å². The van der Waals surface area contributed by atoms with Gasteiger partial charge in [-0.05, 0) is 84.9 Å². The first-order valence-electron chi connectivity index (χ1n) is 14.8. The number of para-hydroxylation sites is 8. The van der Waals surface area contributed by atoms with Crippen LogP contribution in [0.5, 0.6) is 23.0 Å². The highest BCUT2D eigenvalue weighted by Crippen LogP contribution is 2.51. The fourth-order valence-electron chi connectivity index (χ4n) is 6.02. The van der Waals surface area contributed by atoms with Crippen LogP contribution in [0.3, 0.4) is 0 Å². The largest absolute Gasteiger partial charge is 0.453 e. The van der Waals surface area contributed by atoms with Gasteiger partial charge >= 0.3 is 0 Å². The molecule has 2 aliphatic rings. The maximum Gasteiger partial charge on any atom is 0.151 e. The van der Waals surface area contributed by atoms with Crippen molar-refractivity contribution in [2.75, 3.05) is 9.80 Å². The van der Waals surface area contributed by atoms with Crippen LogP contribution in [0.4, 0.5) is 34.1 Å². The molecule has 0 fully saturated rings. The summed E-state index contributed by atoms with van der Waals surface area (Å²) in [7, 11) is 0. The second-order valence-corrected chi connectivity index (χ2v) is 10.9. The summed E-state index contributed by atoms with van der Waals surface area (Å²) < 4.78 is 14.1.